The van der Waals surface area contributed by atoms with Crippen LogP contribution in [0.1, 0.15) is 71.1 Å². The SMILES string of the molecule is CCCCCCCCCCCCOS(=O)(=O)c1ccccc1.CO.COC(=N)N. The summed E-state index contributed by atoms with van der Waals surface area (Å²) in [5.41, 5.74) is 4.65. The van der Waals surface area contributed by atoms with Crippen molar-refractivity contribution in [3.05, 3.63) is 30.3 Å². The third-order valence-electron chi connectivity index (χ3n) is 3.99. The molecule has 1 rings (SSSR count). The maximum absolute atomic E-state index is 11.9. The second kappa shape index (κ2) is 21.1. The van der Waals surface area contributed by atoms with Gasteiger partial charge >= 0.3 is 0 Å². The van der Waals surface area contributed by atoms with Crippen LogP contribution in [0.4, 0.5) is 0 Å². The largest absolute Gasteiger partial charge is 0.469 e. The summed E-state index contributed by atoms with van der Waals surface area (Å²) < 4.78 is 32.9. The predicted molar refractivity (Wildman–Crippen MR) is 118 cm³/mol. The maximum atomic E-state index is 11.9. The van der Waals surface area contributed by atoms with Gasteiger partial charge in [-0.05, 0) is 18.6 Å². The first-order valence-corrected chi connectivity index (χ1v) is 11.6. The molecule has 4 N–H and O–H groups in total. The molecule has 0 aliphatic carbocycles. The average molecular weight is 433 g/mol. The van der Waals surface area contributed by atoms with Crippen molar-refractivity contribution in [2.24, 2.45) is 5.73 Å². The summed E-state index contributed by atoms with van der Waals surface area (Å²) in [6, 6.07) is 8.08. The Morgan fingerprint density at radius 1 is 0.931 bits per heavy atom. The maximum Gasteiger partial charge on any atom is 0.296 e. The second-order valence-corrected chi connectivity index (χ2v) is 7.95. The van der Waals surface area contributed by atoms with E-state index >= 15 is 0 Å². The summed E-state index contributed by atoms with van der Waals surface area (Å²) in [4.78, 5) is 0.238. The first kappa shape index (κ1) is 29.6. The van der Waals surface area contributed by atoms with E-state index in [2.05, 4.69) is 17.4 Å². The Morgan fingerprint density at radius 3 is 1.76 bits per heavy atom. The van der Waals surface area contributed by atoms with Crippen molar-refractivity contribution in [2.75, 3.05) is 20.8 Å². The summed E-state index contributed by atoms with van der Waals surface area (Å²) in [5.74, 6) is 0. The number of benzene rings is 1. The lowest BCUT2D eigenvalue weighted by Crippen LogP contribution is -2.10. The Labute approximate surface area is 177 Å². The van der Waals surface area contributed by atoms with Crippen LogP contribution in [0.3, 0.4) is 0 Å². The summed E-state index contributed by atoms with van der Waals surface area (Å²) >= 11 is 0. The van der Waals surface area contributed by atoms with Crippen LogP contribution in [-0.4, -0.2) is 40.4 Å². The molecule has 0 spiro atoms. The van der Waals surface area contributed by atoms with E-state index in [9.17, 15) is 8.42 Å². The minimum absolute atomic E-state index is 0.238. The lowest BCUT2D eigenvalue weighted by Gasteiger charge is -2.05. The Balaban J connectivity index is 0. The predicted octanol–water partition coefficient (Wildman–Crippen LogP) is 4.45. The van der Waals surface area contributed by atoms with Crippen molar-refractivity contribution >= 4 is 16.1 Å². The topological polar surface area (TPSA) is 123 Å². The zero-order valence-electron chi connectivity index (χ0n) is 18.2. The fraction of sp³-hybridized carbons (Fsp3) is 0.667. The molecule has 29 heavy (non-hydrogen) atoms. The number of methoxy groups -OCH3 is 1. The molecule has 0 aliphatic rings. The van der Waals surface area contributed by atoms with Crippen molar-refractivity contribution < 1.29 is 22.4 Å². The molecule has 0 fully saturated rings. The van der Waals surface area contributed by atoms with Crippen LogP contribution >= 0.6 is 0 Å². The van der Waals surface area contributed by atoms with E-state index in [4.69, 9.17) is 14.7 Å². The minimum Gasteiger partial charge on any atom is -0.469 e. The molecule has 0 aliphatic heterocycles. The number of hydrogen-bond acceptors (Lipinski definition) is 6. The Kier molecular flexibility index (Phi) is 21.5. The standard InChI is InChI=1S/C18H30O3S.C2H6N2O.CH4O/c1-2-3-4-5-6-7-8-9-10-14-17-21-22(19,20)18-15-12-11-13-16-18;1-5-2(3)4;1-2/h11-13,15-16H,2-10,14,17H2,1H3;1H3,(H3,3,4);2H,1H3. The molecule has 0 bridgehead atoms. The van der Waals surface area contributed by atoms with Gasteiger partial charge in [-0.25, -0.2) is 0 Å². The van der Waals surface area contributed by atoms with E-state index in [1.165, 1.54) is 58.5 Å². The van der Waals surface area contributed by atoms with Gasteiger partial charge < -0.3 is 15.6 Å². The van der Waals surface area contributed by atoms with Crippen molar-refractivity contribution in [3.63, 3.8) is 0 Å². The molecule has 0 radical (unpaired) electrons. The zero-order valence-corrected chi connectivity index (χ0v) is 19.0. The van der Waals surface area contributed by atoms with Crippen molar-refractivity contribution in [2.45, 2.75) is 76.0 Å². The van der Waals surface area contributed by atoms with Crippen molar-refractivity contribution in [1.82, 2.24) is 0 Å². The monoisotopic (exact) mass is 432 g/mol. The van der Waals surface area contributed by atoms with Crippen molar-refractivity contribution in [1.29, 1.82) is 5.41 Å². The van der Waals surface area contributed by atoms with Crippen LogP contribution < -0.4 is 5.73 Å². The third-order valence-corrected chi connectivity index (χ3v) is 5.31. The number of aliphatic hydroxyl groups excluding tert-OH is 1. The van der Waals surface area contributed by atoms with Gasteiger partial charge in [-0.15, -0.1) is 0 Å². The normalized spacial score (nSPS) is 10.2. The van der Waals surface area contributed by atoms with E-state index in [0.29, 0.717) is 0 Å². The van der Waals surface area contributed by atoms with Crippen LogP contribution in [0, 0.1) is 5.41 Å². The number of amidine groups is 1. The molecule has 0 saturated carbocycles. The van der Waals surface area contributed by atoms with Crippen LogP contribution in [0.25, 0.3) is 0 Å². The van der Waals surface area contributed by atoms with Gasteiger partial charge in [-0.3, -0.25) is 9.59 Å². The molecule has 0 aromatic heterocycles. The summed E-state index contributed by atoms with van der Waals surface area (Å²) in [5, 5.41) is 13.3. The Bertz CT molecular complexity index is 580. The summed E-state index contributed by atoms with van der Waals surface area (Å²) in [6.45, 7) is 2.52. The van der Waals surface area contributed by atoms with E-state index in [1.807, 2.05) is 0 Å². The van der Waals surface area contributed by atoms with E-state index in [0.717, 1.165) is 20.0 Å². The Morgan fingerprint density at radius 2 is 1.34 bits per heavy atom. The number of unbranched alkanes of at least 4 members (excludes halogenated alkanes) is 9. The third kappa shape index (κ3) is 19.4. The average Bonchev–Trinajstić information content (AvgIpc) is 2.74. The van der Waals surface area contributed by atoms with E-state index in [1.54, 1.807) is 30.3 Å². The number of nitrogens with one attached hydrogen (secondary N) is 1. The van der Waals surface area contributed by atoms with Gasteiger partial charge in [0.1, 0.15) is 0 Å². The number of rotatable bonds is 13. The van der Waals surface area contributed by atoms with Gasteiger partial charge in [0.2, 0.25) is 0 Å². The van der Waals surface area contributed by atoms with E-state index in [-0.39, 0.29) is 17.5 Å². The van der Waals surface area contributed by atoms with Gasteiger partial charge in [0.15, 0.2) is 0 Å². The van der Waals surface area contributed by atoms with Gasteiger partial charge in [0.25, 0.3) is 16.1 Å². The van der Waals surface area contributed by atoms with E-state index < -0.39 is 10.1 Å². The molecule has 0 unspecified atom stereocenters. The fourth-order valence-electron chi connectivity index (χ4n) is 2.41. The van der Waals surface area contributed by atoms with Crippen LogP contribution in [0.5, 0.6) is 0 Å². The molecule has 0 atom stereocenters. The van der Waals surface area contributed by atoms with Gasteiger partial charge in [0, 0.05) is 7.11 Å². The molecule has 1 aromatic rings. The highest BCUT2D eigenvalue weighted by Crippen LogP contribution is 2.13. The van der Waals surface area contributed by atoms with Crippen LogP contribution in [0.15, 0.2) is 35.2 Å². The van der Waals surface area contributed by atoms with Gasteiger partial charge in [-0.1, -0.05) is 82.9 Å². The quantitative estimate of drug-likeness (QED) is 0.183. The number of nitrogens with two attached hydrogens (primary N) is 1. The zero-order chi connectivity index (χ0) is 22.4. The minimum atomic E-state index is -3.57. The molecule has 0 saturated heterocycles. The molecule has 0 heterocycles. The highest BCUT2D eigenvalue weighted by atomic mass is 32.2. The molecule has 8 heteroatoms. The van der Waals surface area contributed by atoms with Crippen LogP contribution in [0.2, 0.25) is 0 Å². The molecular weight excluding hydrogens is 392 g/mol. The lowest BCUT2D eigenvalue weighted by molar-refractivity contribution is 0.306. The highest BCUT2D eigenvalue weighted by Gasteiger charge is 2.13. The lowest BCUT2D eigenvalue weighted by atomic mass is 10.1. The molecule has 0 amide bonds. The fourth-order valence-corrected chi connectivity index (χ4v) is 3.38. The van der Waals surface area contributed by atoms with Crippen molar-refractivity contribution in [3.8, 4) is 0 Å². The highest BCUT2D eigenvalue weighted by molar-refractivity contribution is 7.86. The number of aliphatic hydroxyl groups is 1. The molecule has 1 aromatic carbocycles. The molecular formula is C21H40N2O5S. The van der Waals surface area contributed by atoms with Crippen LogP contribution in [-0.2, 0) is 19.0 Å². The first-order valence-electron chi connectivity index (χ1n) is 10.2. The second-order valence-electron chi connectivity index (χ2n) is 6.34. The van der Waals surface area contributed by atoms with Gasteiger partial charge in [0.05, 0.1) is 18.6 Å². The summed E-state index contributed by atoms with van der Waals surface area (Å²) in [7, 11) is -1.22. The van der Waals surface area contributed by atoms with Gasteiger partial charge in [-0.2, -0.15) is 8.42 Å². The Hall–Kier alpha value is -1.64. The number of hydrogen-bond donors (Lipinski definition) is 3. The number of ether oxygens (including phenoxy) is 1. The first-order chi connectivity index (χ1) is 13.9. The molecule has 7 nitrogen and oxygen atoms in total. The summed E-state index contributed by atoms with van der Waals surface area (Å²) in [6.07, 6.45) is 12.3. The smallest absolute Gasteiger partial charge is 0.296 e. The molecule has 170 valence electrons.